The molecule has 0 aromatic carbocycles. The number of anilines is 1. The van der Waals surface area contributed by atoms with Gasteiger partial charge in [0, 0.05) is 75.4 Å². The molecule has 3 fully saturated rings. The van der Waals surface area contributed by atoms with Gasteiger partial charge < -0.3 is 9.80 Å². The molecule has 3 aliphatic rings. The number of likely N-dealkylation sites (tertiary alicyclic amines) is 1. The lowest BCUT2D eigenvalue weighted by Crippen LogP contribution is -2.66. The minimum atomic E-state index is -2.49. The van der Waals surface area contributed by atoms with E-state index < -0.39 is 5.92 Å². The molecule has 2 saturated heterocycles. The van der Waals surface area contributed by atoms with Crippen LogP contribution in [-0.4, -0.2) is 58.2 Å². The average molecular weight is 387 g/mol. The Hall–Kier alpha value is -2.51. The standard InChI is InChI=1S/C20H23F2N5O/c1-25-4-3-17(24-25)15-6-18(27-11-19(12-27)9-20(21,22)10-19)23-7-16(15)14-2-5-26(8-14)13-28/h3-4,6-7,13-14H,2,5,8-12H2,1H3. The number of pyridine rings is 1. The zero-order valence-electron chi connectivity index (χ0n) is 15.8. The van der Waals surface area contributed by atoms with Gasteiger partial charge in [-0.15, -0.1) is 0 Å². The topological polar surface area (TPSA) is 54.3 Å². The number of alkyl halides is 2. The largest absolute Gasteiger partial charge is 0.355 e. The van der Waals surface area contributed by atoms with Crippen LogP contribution in [0.2, 0.25) is 0 Å². The third-order valence-corrected chi connectivity index (χ3v) is 6.36. The molecule has 2 aromatic heterocycles. The van der Waals surface area contributed by atoms with Crippen molar-refractivity contribution in [3.05, 3.63) is 30.1 Å². The van der Waals surface area contributed by atoms with Crippen molar-refractivity contribution in [1.82, 2.24) is 19.7 Å². The van der Waals surface area contributed by atoms with E-state index in [0.29, 0.717) is 19.6 Å². The molecule has 28 heavy (non-hydrogen) atoms. The van der Waals surface area contributed by atoms with Gasteiger partial charge in [-0.1, -0.05) is 0 Å². The van der Waals surface area contributed by atoms with Crippen LogP contribution in [-0.2, 0) is 11.8 Å². The van der Waals surface area contributed by atoms with E-state index in [1.165, 1.54) is 0 Å². The lowest BCUT2D eigenvalue weighted by atomic mass is 9.61. The Morgan fingerprint density at radius 2 is 2.07 bits per heavy atom. The molecular formula is C20H23F2N5O. The number of rotatable bonds is 4. The Morgan fingerprint density at radius 1 is 1.29 bits per heavy atom. The lowest BCUT2D eigenvalue weighted by molar-refractivity contribution is -0.170. The van der Waals surface area contributed by atoms with Crippen molar-refractivity contribution in [3.63, 3.8) is 0 Å². The van der Waals surface area contributed by atoms with Gasteiger partial charge >= 0.3 is 0 Å². The molecule has 1 unspecified atom stereocenters. The van der Waals surface area contributed by atoms with Crippen LogP contribution in [0.1, 0.15) is 30.7 Å². The lowest BCUT2D eigenvalue weighted by Gasteiger charge is -2.59. The zero-order valence-corrected chi connectivity index (χ0v) is 15.8. The molecule has 1 atom stereocenters. The first kappa shape index (κ1) is 17.6. The van der Waals surface area contributed by atoms with Gasteiger partial charge in [0.05, 0.1) is 5.69 Å². The van der Waals surface area contributed by atoms with E-state index in [9.17, 15) is 13.6 Å². The van der Waals surface area contributed by atoms with Crippen LogP contribution in [0.15, 0.2) is 24.5 Å². The molecular weight excluding hydrogens is 364 g/mol. The Labute approximate surface area is 162 Å². The third-order valence-electron chi connectivity index (χ3n) is 6.36. The van der Waals surface area contributed by atoms with Crippen molar-refractivity contribution < 1.29 is 13.6 Å². The summed E-state index contributed by atoms with van der Waals surface area (Å²) in [6.07, 6.45) is 5.58. The van der Waals surface area contributed by atoms with Gasteiger partial charge in [-0.3, -0.25) is 9.48 Å². The Bertz CT molecular complexity index is 911. The summed E-state index contributed by atoms with van der Waals surface area (Å²) < 4.78 is 28.3. The fourth-order valence-corrected chi connectivity index (χ4v) is 5.07. The molecule has 4 heterocycles. The average Bonchev–Trinajstić information content (AvgIpc) is 3.25. The Balaban J connectivity index is 1.42. The SMILES string of the molecule is Cn1ccc(-c2cc(N3CC4(C3)CC(F)(F)C4)ncc2C2CCN(C=O)C2)n1. The summed E-state index contributed by atoms with van der Waals surface area (Å²) in [5, 5.41) is 4.56. The molecule has 1 amide bonds. The number of amides is 1. The van der Waals surface area contributed by atoms with Gasteiger partial charge in [0.15, 0.2) is 0 Å². The molecule has 0 bridgehead atoms. The number of carbonyl (C=O) groups is 1. The maximum Gasteiger partial charge on any atom is 0.249 e. The Morgan fingerprint density at radius 3 is 2.68 bits per heavy atom. The van der Waals surface area contributed by atoms with Gasteiger partial charge in [0.25, 0.3) is 0 Å². The van der Waals surface area contributed by atoms with Crippen LogP contribution in [0.3, 0.4) is 0 Å². The first-order chi connectivity index (χ1) is 13.4. The summed E-state index contributed by atoms with van der Waals surface area (Å²) in [5.74, 6) is -1.44. The molecule has 2 aromatic rings. The molecule has 6 nitrogen and oxygen atoms in total. The minimum absolute atomic E-state index is 0.00865. The molecule has 1 saturated carbocycles. The van der Waals surface area contributed by atoms with E-state index in [4.69, 9.17) is 0 Å². The summed E-state index contributed by atoms with van der Waals surface area (Å²) in [5.41, 5.74) is 2.75. The number of halogens is 2. The quantitative estimate of drug-likeness (QED) is 0.757. The van der Waals surface area contributed by atoms with Crippen LogP contribution in [0.4, 0.5) is 14.6 Å². The van der Waals surface area contributed by atoms with E-state index >= 15 is 0 Å². The van der Waals surface area contributed by atoms with Crippen LogP contribution >= 0.6 is 0 Å². The monoisotopic (exact) mass is 387 g/mol. The minimum Gasteiger partial charge on any atom is -0.355 e. The fraction of sp³-hybridized carbons (Fsp3) is 0.550. The predicted molar refractivity (Wildman–Crippen MR) is 100 cm³/mol. The zero-order chi connectivity index (χ0) is 19.5. The molecule has 0 N–H and O–H groups in total. The van der Waals surface area contributed by atoms with Gasteiger partial charge in [-0.2, -0.15) is 5.10 Å². The summed E-state index contributed by atoms with van der Waals surface area (Å²) in [6.45, 7) is 2.71. The summed E-state index contributed by atoms with van der Waals surface area (Å²) in [4.78, 5) is 19.6. The van der Waals surface area contributed by atoms with E-state index in [-0.39, 0.29) is 24.2 Å². The van der Waals surface area contributed by atoms with Crippen LogP contribution in [0, 0.1) is 5.41 Å². The third kappa shape index (κ3) is 2.86. The highest BCUT2D eigenvalue weighted by Gasteiger charge is 2.61. The highest BCUT2D eigenvalue weighted by molar-refractivity contribution is 5.68. The van der Waals surface area contributed by atoms with Crippen molar-refractivity contribution >= 4 is 12.2 Å². The first-order valence-corrected chi connectivity index (χ1v) is 9.69. The summed E-state index contributed by atoms with van der Waals surface area (Å²) >= 11 is 0. The van der Waals surface area contributed by atoms with E-state index in [1.807, 2.05) is 31.6 Å². The summed E-state index contributed by atoms with van der Waals surface area (Å²) in [6, 6.07) is 4.00. The van der Waals surface area contributed by atoms with Crippen LogP contribution in [0.5, 0.6) is 0 Å². The first-order valence-electron chi connectivity index (χ1n) is 9.69. The van der Waals surface area contributed by atoms with Crippen molar-refractivity contribution in [2.75, 3.05) is 31.1 Å². The molecule has 1 aliphatic carbocycles. The molecule has 5 rings (SSSR count). The van der Waals surface area contributed by atoms with Crippen molar-refractivity contribution in [3.8, 4) is 11.3 Å². The predicted octanol–water partition coefficient (Wildman–Crippen LogP) is 2.66. The number of hydrogen-bond acceptors (Lipinski definition) is 4. The maximum atomic E-state index is 13.3. The number of hydrogen-bond donors (Lipinski definition) is 0. The van der Waals surface area contributed by atoms with Crippen molar-refractivity contribution in [2.45, 2.75) is 31.1 Å². The second-order valence-corrected chi connectivity index (χ2v) is 8.66. The fourth-order valence-electron chi connectivity index (χ4n) is 5.07. The van der Waals surface area contributed by atoms with Crippen molar-refractivity contribution in [2.24, 2.45) is 12.5 Å². The van der Waals surface area contributed by atoms with E-state index in [1.54, 1.807) is 9.58 Å². The molecule has 0 radical (unpaired) electrons. The van der Waals surface area contributed by atoms with E-state index in [2.05, 4.69) is 15.0 Å². The smallest absolute Gasteiger partial charge is 0.249 e. The van der Waals surface area contributed by atoms with Gasteiger partial charge in [-0.25, -0.2) is 13.8 Å². The number of carbonyl (C=O) groups excluding carboxylic acids is 1. The normalized spacial score (nSPS) is 24.9. The highest BCUT2D eigenvalue weighted by Crippen LogP contribution is 2.57. The molecule has 148 valence electrons. The van der Waals surface area contributed by atoms with E-state index in [0.717, 1.165) is 42.0 Å². The summed E-state index contributed by atoms with van der Waals surface area (Å²) in [7, 11) is 1.88. The number of nitrogens with zero attached hydrogens (tertiary/aromatic N) is 5. The van der Waals surface area contributed by atoms with Gasteiger partial charge in [0.1, 0.15) is 5.82 Å². The molecule has 2 aliphatic heterocycles. The van der Waals surface area contributed by atoms with Crippen molar-refractivity contribution in [1.29, 1.82) is 0 Å². The van der Waals surface area contributed by atoms with Gasteiger partial charge in [-0.05, 0) is 24.1 Å². The second kappa shape index (κ2) is 5.99. The molecule has 1 spiro atoms. The Kier molecular flexibility index (Phi) is 3.76. The van der Waals surface area contributed by atoms with Crippen LogP contribution in [0.25, 0.3) is 11.3 Å². The highest BCUT2D eigenvalue weighted by atomic mass is 19.3. The second-order valence-electron chi connectivity index (χ2n) is 8.66. The number of aromatic nitrogens is 3. The van der Waals surface area contributed by atoms with Crippen LogP contribution < -0.4 is 4.90 Å². The number of aryl methyl sites for hydroxylation is 1. The van der Waals surface area contributed by atoms with Gasteiger partial charge in [0.2, 0.25) is 12.3 Å². The maximum absolute atomic E-state index is 13.3. The molecule has 8 heteroatoms.